The first-order chi connectivity index (χ1) is 7.33. The topological polar surface area (TPSA) is 43.4 Å². The highest BCUT2D eigenvalue weighted by Gasteiger charge is 2.30. The van der Waals surface area contributed by atoms with Crippen LogP contribution in [-0.4, -0.2) is 17.4 Å². The van der Waals surface area contributed by atoms with Crippen LogP contribution in [0.4, 0.5) is 0 Å². The molecule has 3 nitrogen and oxygen atoms in total. The van der Waals surface area contributed by atoms with E-state index in [0.717, 1.165) is 12.0 Å². The van der Waals surface area contributed by atoms with Crippen LogP contribution in [0.1, 0.15) is 47.0 Å². The largest absolute Gasteiger partial charge is 0.460 e. The summed E-state index contributed by atoms with van der Waals surface area (Å²) < 4.78 is 5.35. The van der Waals surface area contributed by atoms with Gasteiger partial charge in [0.1, 0.15) is 5.60 Å². The van der Waals surface area contributed by atoms with Gasteiger partial charge < -0.3 is 4.74 Å². The average Bonchev–Trinajstić information content (AvgIpc) is 2.14. The Bertz CT molecular complexity index is 321. The molecule has 0 bridgehead atoms. The Morgan fingerprint density at radius 2 is 2.12 bits per heavy atom. The normalized spacial score (nSPS) is 21.6. The molecule has 0 saturated carbocycles. The number of carbonyl (C=O) groups is 2. The second kappa shape index (κ2) is 4.81. The highest BCUT2D eigenvalue weighted by Crippen LogP contribution is 2.28. The maximum atomic E-state index is 11.9. The van der Waals surface area contributed by atoms with Gasteiger partial charge in [0.2, 0.25) is 0 Å². The summed E-state index contributed by atoms with van der Waals surface area (Å²) in [6.07, 6.45) is 3.38. The lowest BCUT2D eigenvalue weighted by molar-refractivity contribution is -0.159. The number of rotatable bonds is 2. The van der Waals surface area contributed by atoms with Crippen LogP contribution in [0.5, 0.6) is 0 Å². The standard InChI is InChI=1S/C13H20O3/c1-5-9-8-10(14)6-7-11(9)12(15)16-13(2,3)4/h8,11H,5-7H2,1-4H3. The van der Waals surface area contributed by atoms with Crippen LogP contribution in [0.25, 0.3) is 0 Å². The van der Waals surface area contributed by atoms with Gasteiger partial charge in [-0.15, -0.1) is 0 Å². The zero-order valence-corrected chi connectivity index (χ0v) is 10.5. The smallest absolute Gasteiger partial charge is 0.313 e. The summed E-state index contributed by atoms with van der Waals surface area (Å²) in [6, 6.07) is 0. The average molecular weight is 224 g/mol. The van der Waals surface area contributed by atoms with Crippen LogP contribution in [0.2, 0.25) is 0 Å². The van der Waals surface area contributed by atoms with E-state index in [1.165, 1.54) is 0 Å². The van der Waals surface area contributed by atoms with E-state index in [2.05, 4.69) is 0 Å². The number of hydrogen-bond acceptors (Lipinski definition) is 3. The van der Waals surface area contributed by atoms with Crippen LogP contribution in [0, 0.1) is 5.92 Å². The van der Waals surface area contributed by atoms with E-state index in [1.807, 2.05) is 27.7 Å². The SMILES string of the molecule is CCC1=CC(=O)CCC1C(=O)OC(C)(C)C. The first-order valence-electron chi connectivity index (χ1n) is 5.79. The van der Waals surface area contributed by atoms with Crippen molar-refractivity contribution in [3.05, 3.63) is 11.6 Å². The van der Waals surface area contributed by atoms with Gasteiger partial charge in [0.25, 0.3) is 0 Å². The third-order valence-electron chi connectivity index (χ3n) is 2.57. The van der Waals surface area contributed by atoms with E-state index in [-0.39, 0.29) is 17.7 Å². The highest BCUT2D eigenvalue weighted by molar-refractivity contribution is 5.93. The predicted octanol–water partition coefficient (Wildman–Crippen LogP) is 2.64. The van der Waals surface area contributed by atoms with Crippen molar-refractivity contribution in [3.8, 4) is 0 Å². The molecule has 0 aromatic heterocycles. The molecular weight excluding hydrogens is 204 g/mol. The molecule has 0 aliphatic heterocycles. The van der Waals surface area contributed by atoms with E-state index in [1.54, 1.807) is 6.08 Å². The van der Waals surface area contributed by atoms with Gasteiger partial charge in [0, 0.05) is 6.42 Å². The van der Waals surface area contributed by atoms with Crippen LogP contribution < -0.4 is 0 Å². The Kier molecular flexibility index (Phi) is 3.89. The molecule has 16 heavy (non-hydrogen) atoms. The summed E-state index contributed by atoms with van der Waals surface area (Å²) >= 11 is 0. The van der Waals surface area contributed by atoms with Gasteiger partial charge in [0.15, 0.2) is 5.78 Å². The fourth-order valence-electron chi connectivity index (χ4n) is 1.84. The van der Waals surface area contributed by atoms with Crippen molar-refractivity contribution >= 4 is 11.8 Å². The minimum atomic E-state index is -0.461. The Balaban J connectivity index is 2.76. The summed E-state index contributed by atoms with van der Waals surface area (Å²) in [6.45, 7) is 7.53. The summed E-state index contributed by atoms with van der Waals surface area (Å²) in [7, 11) is 0. The van der Waals surface area contributed by atoms with Crippen molar-refractivity contribution in [2.45, 2.75) is 52.6 Å². The van der Waals surface area contributed by atoms with Crippen LogP contribution in [0.15, 0.2) is 11.6 Å². The minimum absolute atomic E-state index is 0.122. The lowest BCUT2D eigenvalue weighted by Gasteiger charge is -2.26. The van der Waals surface area contributed by atoms with Crippen molar-refractivity contribution in [3.63, 3.8) is 0 Å². The minimum Gasteiger partial charge on any atom is -0.460 e. The highest BCUT2D eigenvalue weighted by atomic mass is 16.6. The molecule has 0 N–H and O–H groups in total. The molecule has 3 heteroatoms. The molecule has 1 atom stereocenters. The number of allylic oxidation sites excluding steroid dienone is 1. The zero-order chi connectivity index (χ0) is 12.3. The van der Waals surface area contributed by atoms with Crippen molar-refractivity contribution in [1.29, 1.82) is 0 Å². The molecule has 0 aromatic rings. The van der Waals surface area contributed by atoms with E-state index in [0.29, 0.717) is 12.8 Å². The number of esters is 1. The molecule has 1 aliphatic carbocycles. The zero-order valence-electron chi connectivity index (χ0n) is 10.5. The molecule has 0 aromatic carbocycles. The van der Waals surface area contributed by atoms with Crippen molar-refractivity contribution in [2.75, 3.05) is 0 Å². The summed E-state index contributed by atoms with van der Waals surface area (Å²) in [4.78, 5) is 23.2. The fourth-order valence-corrected chi connectivity index (χ4v) is 1.84. The molecule has 0 radical (unpaired) electrons. The van der Waals surface area contributed by atoms with Crippen LogP contribution in [-0.2, 0) is 14.3 Å². The molecule has 0 saturated heterocycles. The maximum absolute atomic E-state index is 11.9. The Labute approximate surface area is 96.9 Å². The molecule has 0 fully saturated rings. The van der Waals surface area contributed by atoms with Crippen LogP contribution >= 0.6 is 0 Å². The molecule has 1 aliphatic rings. The number of hydrogen-bond donors (Lipinski definition) is 0. The van der Waals surface area contributed by atoms with Crippen LogP contribution in [0.3, 0.4) is 0 Å². The second-order valence-corrected chi connectivity index (χ2v) is 5.16. The second-order valence-electron chi connectivity index (χ2n) is 5.16. The maximum Gasteiger partial charge on any atom is 0.313 e. The van der Waals surface area contributed by atoms with Gasteiger partial charge in [-0.2, -0.15) is 0 Å². The number of ketones is 1. The predicted molar refractivity (Wildman–Crippen MR) is 62.0 cm³/mol. The van der Waals surface area contributed by atoms with Crippen molar-refractivity contribution in [1.82, 2.24) is 0 Å². The van der Waals surface area contributed by atoms with Crippen molar-refractivity contribution < 1.29 is 14.3 Å². The lowest BCUT2D eigenvalue weighted by Crippen LogP contribution is -2.31. The third-order valence-corrected chi connectivity index (χ3v) is 2.57. The quantitative estimate of drug-likeness (QED) is 0.677. The molecule has 0 amide bonds. The Morgan fingerprint density at radius 1 is 1.50 bits per heavy atom. The van der Waals surface area contributed by atoms with Gasteiger partial charge in [-0.3, -0.25) is 9.59 Å². The molecule has 0 heterocycles. The monoisotopic (exact) mass is 224 g/mol. The van der Waals surface area contributed by atoms with E-state index in [4.69, 9.17) is 4.74 Å². The fraction of sp³-hybridized carbons (Fsp3) is 0.692. The van der Waals surface area contributed by atoms with Gasteiger partial charge in [-0.25, -0.2) is 0 Å². The molecule has 90 valence electrons. The number of ether oxygens (including phenoxy) is 1. The van der Waals surface area contributed by atoms with E-state index >= 15 is 0 Å². The van der Waals surface area contributed by atoms with E-state index in [9.17, 15) is 9.59 Å². The van der Waals surface area contributed by atoms with Gasteiger partial charge in [-0.05, 0) is 39.7 Å². The number of carbonyl (C=O) groups excluding carboxylic acids is 2. The van der Waals surface area contributed by atoms with Gasteiger partial charge in [-0.1, -0.05) is 12.5 Å². The van der Waals surface area contributed by atoms with E-state index < -0.39 is 5.60 Å². The molecule has 1 unspecified atom stereocenters. The summed E-state index contributed by atoms with van der Waals surface area (Å²) in [5.41, 5.74) is 0.447. The first kappa shape index (κ1) is 12.9. The first-order valence-corrected chi connectivity index (χ1v) is 5.79. The van der Waals surface area contributed by atoms with Gasteiger partial charge in [0.05, 0.1) is 5.92 Å². The molecular formula is C13H20O3. The summed E-state index contributed by atoms with van der Waals surface area (Å²) in [5.74, 6) is -0.299. The molecule has 1 rings (SSSR count). The van der Waals surface area contributed by atoms with Crippen molar-refractivity contribution in [2.24, 2.45) is 5.92 Å². The molecule has 0 spiro atoms. The van der Waals surface area contributed by atoms with Gasteiger partial charge >= 0.3 is 5.97 Å². The third kappa shape index (κ3) is 3.47. The lowest BCUT2D eigenvalue weighted by atomic mass is 9.85. The summed E-state index contributed by atoms with van der Waals surface area (Å²) in [5, 5.41) is 0. The Morgan fingerprint density at radius 3 is 2.62 bits per heavy atom. The Hall–Kier alpha value is -1.12.